The Hall–Kier alpha value is -2.55. The summed E-state index contributed by atoms with van der Waals surface area (Å²) in [5, 5.41) is 8.42. The van der Waals surface area contributed by atoms with Crippen LogP contribution in [0.15, 0.2) is 59.5 Å². The van der Waals surface area contributed by atoms with Gasteiger partial charge in [0, 0.05) is 31.7 Å². The van der Waals surface area contributed by atoms with Gasteiger partial charge in [0.25, 0.3) is 0 Å². The molecule has 3 aromatic rings. The Morgan fingerprint density at radius 1 is 0.933 bits per heavy atom. The summed E-state index contributed by atoms with van der Waals surface area (Å²) in [5.41, 5.74) is 2.96. The number of halogens is 2. The summed E-state index contributed by atoms with van der Waals surface area (Å²) in [4.78, 5) is 1.99. The van der Waals surface area contributed by atoms with Gasteiger partial charge in [0.05, 0.1) is 15.6 Å². The van der Waals surface area contributed by atoms with Crippen LogP contribution in [0.5, 0.6) is 0 Å². The van der Waals surface area contributed by atoms with E-state index in [0.717, 1.165) is 23.4 Å². The van der Waals surface area contributed by atoms with E-state index in [-0.39, 0.29) is 9.92 Å². The molecule has 0 atom stereocenters. The molecule has 1 fully saturated rings. The summed E-state index contributed by atoms with van der Waals surface area (Å²) in [6, 6.07) is 15.3. The smallest absolute Gasteiger partial charge is 0.243 e. The van der Waals surface area contributed by atoms with Crippen LogP contribution in [0.1, 0.15) is 5.56 Å². The maximum Gasteiger partial charge on any atom is 0.243 e. The minimum Gasteiger partial charge on any atom is -0.352 e. The highest BCUT2D eigenvalue weighted by molar-refractivity contribution is 7.89. The molecule has 0 N–H and O–H groups in total. The SMILES string of the molecule is Cc1ccc(-c2ccc(N3CCN(S(=O)(=O)c4ccc(F)c(Cl)c4)CC3)nn2)cc1. The fourth-order valence-electron chi connectivity index (χ4n) is 3.32. The van der Waals surface area contributed by atoms with Gasteiger partial charge in [-0.2, -0.15) is 4.31 Å². The number of benzene rings is 2. The molecule has 4 rings (SSSR count). The molecule has 0 saturated carbocycles. The number of aromatic nitrogens is 2. The summed E-state index contributed by atoms with van der Waals surface area (Å²) >= 11 is 5.75. The molecule has 0 amide bonds. The molecule has 6 nitrogen and oxygen atoms in total. The van der Waals surface area contributed by atoms with E-state index in [1.54, 1.807) is 0 Å². The fraction of sp³-hybridized carbons (Fsp3) is 0.238. The highest BCUT2D eigenvalue weighted by Gasteiger charge is 2.29. The topological polar surface area (TPSA) is 66.4 Å². The highest BCUT2D eigenvalue weighted by atomic mass is 35.5. The molecule has 1 aliphatic heterocycles. The monoisotopic (exact) mass is 446 g/mol. The Bertz CT molecular complexity index is 1150. The molecular formula is C21H20ClFN4O2S. The van der Waals surface area contributed by atoms with Crippen LogP contribution in [0.2, 0.25) is 5.02 Å². The van der Waals surface area contributed by atoms with Gasteiger partial charge in [-0.15, -0.1) is 10.2 Å². The lowest BCUT2D eigenvalue weighted by molar-refractivity contribution is 0.383. The zero-order chi connectivity index (χ0) is 21.3. The Balaban J connectivity index is 1.44. The molecule has 156 valence electrons. The van der Waals surface area contributed by atoms with Gasteiger partial charge >= 0.3 is 0 Å². The molecule has 0 spiro atoms. The lowest BCUT2D eigenvalue weighted by Crippen LogP contribution is -2.49. The summed E-state index contributed by atoms with van der Waals surface area (Å²) in [6.07, 6.45) is 0. The van der Waals surface area contributed by atoms with Crippen LogP contribution in [-0.4, -0.2) is 49.1 Å². The number of piperazine rings is 1. The molecule has 30 heavy (non-hydrogen) atoms. The first kappa shape index (κ1) is 20.7. The van der Waals surface area contributed by atoms with Crippen LogP contribution in [0.3, 0.4) is 0 Å². The van der Waals surface area contributed by atoms with Crippen LogP contribution in [0, 0.1) is 12.7 Å². The van der Waals surface area contributed by atoms with Crippen molar-refractivity contribution in [3.8, 4) is 11.3 Å². The second-order valence-corrected chi connectivity index (χ2v) is 9.45. The number of hydrogen-bond acceptors (Lipinski definition) is 5. The maximum absolute atomic E-state index is 13.4. The van der Waals surface area contributed by atoms with Crippen LogP contribution in [-0.2, 0) is 10.0 Å². The molecular weight excluding hydrogens is 427 g/mol. The van der Waals surface area contributed by atoms with Gasteiger partial charge in [-0.25, -0.2) is 12.8 Å². The highest BCUT2D eigenvalue weighted by Crippen LogP contribution is 2.24. The number of aryl methyl sites for hydroxylation is 1. The van der Waals surface area contributed by atoms with Crippen molar-refractivity contribution in [1.29, 1.82) is 0 Å². The maximum atomic E-state index is 13.4. The van der Waals surface area contributed by atoms with E-state index in [0.29, 0.717) is 32.0 Å². The van der Waals surface area contributed by atoms with E-state index in [9.17, 15) is 12.8 Å². The number of rotatable bonds is 4. The predicted octanol–water partition coefficient (Wildman–Crippen LogP) is 3.76. The fourth-order valence-corrected chi connectivity index (χ4v) is 5.01. The standard InChI is InChI=1S/C21H20ClFN4O2S/c1-15-2-4-16(5-3-15)20-8-9-21(25-24-20)26-10-12-27(13-11-26)30(28,29)17-6-7-19(23)18(22)14-17/h2-9,14H,10-13H2,1H3. The van der Waals surface area contributed by atoms with Crippen LogP contribution < -0.4 is 4.90 Å². The van der Waals surface area contributed by atoms with E-state index in [1.165, 1.54) is 15.9 Å². The second-order valence-electron chi connectivity index (χ2n) is 7.11. The van der Waals surface area contributed by atoms with Crippen molar-refractivity contribution in [1.82, 2.24) is 14.5 Å². The molecule has 1 aromatic heterocycles. The van der Waals surface area contributed by atoms with Crippen molar-refractivity contribution in [2.75, 3.05) is 31.1 Å². The van der Waals surface area contributed by atoms with Crippen LogP contribution in [0.4, 0.5) is 10.2 Å². The van der Waals surface area contributed by atoms with E-state index in [2.05, 4.69) is 10.2 Å². The molecule has 0 unspecified atom stereocenters. The molecule has 0 aliphatic carbocycles. The van der Waals surface area contributed by atoms with Crippen molar-refractivity contribution in [3.05, 3.63) is 71.0 Å². The number of hydrogen-bond donors (Lipinski definition) is 0. The summed E-state index contributed by atoms with van der Waals surface area (Å²) < 4.78 is 40.4. The van der Waals surface area contributed by atoms with Gasteiger partial charge in [-0.1, -0.05) is 41.4 Å². The summed E-state index contributed by atoms with van der Waals surface area (Å²) in [7, 11) is -3.73. The zero-order valence-corrected chi connectivity index (χ0v) is 17.9. The molecule has 0 radical (unpaired) electrons. The van der Waals surface area contributed by atoms with Crippen molar-refractivity contribution in [3.63, 3.8) is 0 Å². The van der Waals surface area contributed by atoms with Gasteiger partial charge in [0.1, 0.15) is 5.82 Å². The van der Waals surface area contributed by atoms with Crippen molar-refractivity contribution >= 4 is 27.4 Å². The van der Waals surface area contributed by atoms with E-state index < -0.39 is 15.8 Å². The Morgan fingerprint density at radius 3 is 2.23 bits per heavy atom. The minimum atomic E-state index is -3.73. The molecule has 0 bridgehead atoms. The van der Waals surface area contributed by atoms with E-state index >= 15 is 0 Å². The third-order valence-electron chi connectivity index (χ3n) is 5.09. The van der Waals surface area contributed by atoms with Crippen LogP contribution in [0.25, 0.3) is 11.3 Å². The Kier molecular flexibility index (Phi) is 5.73. The lowest BCUT2D eigenvalue weighted by atomic mass is 10.1. The van der Waals surface area contributed by atoms with Crippen molar-refractivity contribution in [2.24, 2.45) is 0 Å². The van der Waals surface area contributed by atoms with Gasteiger partial charge in [-0.3, -0.25) is 0 Å². The van der Waals surface area contributed by atoms with E-state index in [4.69, 9.17) is 11.6 Å². The number of nitrogens with zero attached hydrogens (tertiary/aromatic N) is 4. The van der Waals surface area contributed by atoms with Gasteiger partial charge in [0.2, 0.25) is 10.0 Å². The first-order chi connectivity index (χ1) is 14.3. The second kappa shape index (κ2) is 8.29. The third-order valence-corrected chi connectivity index (χ3v) is 7.27. The van der Waals surface area contributed by atoms with Crippen LogP contribution >= 0.6 is 11.6 Å². The first-order valence-electron chi connectivity index (χ1n) is 9.45. The summed E-state index contributed by atoms with van der Waals surface area (Å²) in [6.45, 7) is 3.57. The molecule has 9 heteroatoms. The van der Waals surface area contributed by atoms with E-state index in [1.807, 2.05) is 48.2 Å². The predicted molar refractivity (Wildman–Crippen MR) is 115 cm³/mol. The molecule has 1 saturated heterocycles. The quantitative estimate of drug-likeness (QED) is 0.610. The number of sulfonamides is 1. The molecule has 1 aliphatic rings. The summed E-state index contributed by atoms with van der Waals surface area (Å²) in [5.74, 6) is 0.0563. The normalized spacial score (nSPS) is 15.4. The van der Waals surface area contributed by atoms with Crippen molar-refractivity contribution < 1.29 is 12.8 Å². The zero-order valence-electron chi connectivity index (χ0n) is 16.3. The Labute approximate surface area is 180 Å². The van der Waals surface area contributed by atoms with Crippen molar-refractivity contribution in [2.45, 2.75) is 11.8 Å². The average molecular weight is 447 g/mol. The number of anilines is 1. The Morgan fingerprint density at radius 2 is 1.63 bits per heavy atom. The minimum absolute atomic E-state index is 0.00964. The molecule has 2 aromatic carbocycles. The first-order valence-corrected chi connectivity index (χ1v) is 11.3. The lowest BCUT2D eigenvalue weighted by Gasteiger charge is -2.34. The largest absolute Gasteiger partial charge is 0.352 e. The third kappa shape index (κ3) is 4.16. The van der Waals surface area contributed by atoms with Gasteiger partial charge in [0.15, 0.2) is 5.82 Å². The molecule has 2 heterocycles. The average Bonchev–Trinajstić information content (AvgIpc) is 2.76. The van der Waals surface area contributed by atoms with Gasteiger partial charge < -0.3 is 4.90 Å². The van der Waals surface area contributed by atoms with Gasteiger partial charge in [-0.05, 0) is 37.3 Å².